The fourth-order valence-electron chi connectivity index (χ4n) is 2.66. The Morgan fingerprint density at radius 1 is 1.33 bits per heavy atom. The van der Waals surface area contributed by atoms with Gasteiger partial charge in [-0.05, 0) is 0 Å². The van der Waals surface area contributed by atoms with Crippen LogP contribution in [0, 0.1) is 5.92 Å². The molecule has 2 fully saturated rings. The molecule has 0 aromatic rings. The SMILES string of the molecule is O=C[C@@H]1CC2CCCCC2[N]1[Tl]. The van der Waals surface area contributed by atoms with Crippen LogP contribution in [-0.2, 0) is 4.79 Å². The Bertz CT molecular complexity index is 185. The number of hydrogen-bond acceptors (Lipinski definition) is 2. The molecule has 2 rings (SSSR count). The molecule has 2 aliphatic rings. The van der Waals surface area contributed by atoms with Crippen LogP contribution in [0.2, 0.25) is 0 Å². The minimum atomic E-state index is 0.295. The van der Waals surface area contributed by atoms with E-state index in [2.05, 4.69) is 2.71 Å². The van der Waals surface area contributed by atoms with Crippen LogP contribution in [0.25, 0.3) is 0 Å². The number of rotatable bonds is 1. The first-order chi connectivity index (χ1) is 5.83. The summed E-state index contributed by atoms with van der Waals surface area (Å²) in [5, 5.41) is 0. The zero-order valence-electron chi connectivity index (χ0n) is 7.28. The normalized spacial score (nSPS) is 42.4. The van der Waals surface area contributed by atoms with Crippen LogP contribution in [-0.4, -0.2) is 47.1 Å². The van der Waals surface area contributed by atoms with E-state index in [1.165, 1.54) is 32.0 Å². The quantitative estimate of drug-likeness (QED) is 0.514. The van der Waals surface area contributed by atoms with Gasteiger partial charge in [-0.3, -0.25) is 0 Å². The summed E-state index contributed by atoms with van der Waals surface area (Å²) in [7, 11) is 0. The van der Waals surface area contributed by atoms with E-state index < -0.39 is 0 Å². The van der Waals surface area contributed by atoms with E-state index in [0.717, 1.165) is 44.4 Å². The zero-order valence-corrected chi connectivity index (χ0v) is 11.8. The molecular weight excluding hydrogens is 342 g/mol. The Morgan fingerprint density at radius 3 is 2.75 bits per heavy atom. The summed E-state index contributed by atoms with van der Waals surface area (Å²) in [5.41, 5.74) is 0. The molecule has 0 aromatic heterocycles. The third kappa shape index (κ3) is 1.47. The second-order valence-electron chi connectivity index (χ2n) is 4.00. The van der Waals surface area contributed by atoms with Crippen molar-refractivity contribution in [3.8, 4) is 0 Å². The number of carbonyl (C=O) groups is 1. The van der Waals surface area contributed by atoms with Crippen molar-refractivity contribution in [1.82, 2.24) is 2.71 Å². The van der Waals surface area contributed by atoms with Crippen LogP contribution in [0.15, 0.2) is 0 Å². The fraction of sp³-hybridized carbons (Fsp3) is 0.889. The van der Waals surface area contributed by atoms with Gasteiger partial charge in [0.25, 0.3) is 0 Å². The molecule has 3 atom stereocenters. The second-order valence-corrected chi connectivity index (χ2v) is 6.32. The molecule has 1 heterocycles. The number of aldehydes is 1. The minimum absolute atomic E-state index is 0.295. The molecule has 0 aromatic carbocycles. The van der Waals surface area contributed by atoms with Crippen molar-refractivity contribution in [3.63, 3.8) is 0 Å². The van der Waals surface area contributed by atoms with Crippen molar-refractivity contribution in [2.45, 2.75) is 44.2 Å². The first-order valence-corrected chi connectivity index (χ1v) is 6.82. The van der Waals surface area contributed by atoms with Crippen LogP contribution in [0.3, 0.4) is 0 Å². The first kappa shape index (κ1) is 9.12. The summed E-state index contributed by atoms with van der Waals surface area (Å²) < 4.78 is 2.46. The van der Waals surface area contributed by atoms with E-state index in [1.54, 1.807) is 0 Å². The predicted octanol–water partition coefficient (Wildman–Crippen LogP) is 0.902. The van der Waals surface area contributed by atoms with E-state index >= 15 is 0 Å². The van der Waals surface area contributed by atoms with Crippen LogP contribution in [0.1, 0.15) is 32.1 Å². The average Bonchev–Trinajstić information content (AvgIpc) is 2.44. The van der Waals surface area contributed by atoms with Crippen molar-refractivity contribution in [1.29, 1.82) is 0 Å². The van der Waals surface area contributed by atoms with Gasteiger partial charge in [0, 0.05) is 0 Å². The third-order valence-corrected chi connectivity index (χ3v) is 6.31. The Balaban J connectivity index is 2.07. The Hall–Kier alpha value is 0.552. The molecule has 2 unspecified atom stereocenters. The van der Waals surface area contributed by atoms with Crippen LogP contribution >= 0.6 is 0 Å². The summed E-state index contributed by atoms with van der Waals surface area (Å²) in [5.74, 6) is 0.860. The van der Waals surface area contributed by atoms with Crippen LogP contribution < -0.4 is 0 Å². The van der Waals surface area contributed by atoms with Gasteiger partial charge in [0.1, 0.15) is 0 Å². The molecule has 2 nitrogen and oxygen atoms in total. The summed E-state index contributed by atoms with van der Waals surface area (Å²) in [6.07, 6.45) is 7.83. The van der Waals surface area contributed by atoms with Gasteiger partial charge in [-0.2, -0.15) is 0 Å². The van der Waals surface area contributed by atoms with Gasteiger partial charge in [0.15, 0.2) is 0 Å². The average molecular weight is 357 g/mol. The standard InChI is InChI=1S/C9H14NO.Tl/c11-6-8-5-7-3-1-2-4-9(7)10-8;/h6-9H,1-5H2;/q-1;+1/t7?,8-,9?;/m0./s1. The first-order valence-electron chi connectivity index (χ1n) is 4.81. The van der Waals surface area contributed by atoms with Gasteiger partial charge < -0.3 is 0 Å². The molecule has 3 heteroatoms. The molecule has 64 valence electrons. The fourth-order valence-corrected chi connectivity index (χ4v) is 4.93. The monoisotopic (exact) mass is 357 g/mol. The molecule has 0 radical (unpaired) electrons. The number of carbonyl (C=O) groups excluding carboxylic acids is 1. The molecule has 12 heavy (non-hydrogen) atoms. The Morgan fingerprint density at radius 2 is 2.08 bits per heavy atom. The van der Waals surface area contributed by atoms with Gasteiger partial charge in [-0.15, -0.1) is 0 Å². The zero-order chi connectivity index (χ0) is 8.55. The molecule has 1 saturated heterocycles. The second kappa shape index (κ2) is 3.74. The van der Waals surface area contributed by atoms with Gasteiger partial charge in [-0.1, -0.05) is 0 Å². The molecule has 0 bridgehead atoms. The van der Waals surface area contributed by atoms with Crippen molar-refractivity contribution < 1.29 is 4.79 Å². The maximum atomic E-state index is 10.7. The van der Waals surface area contributed by atoms with E-state index in [4.69, 9.17) is 0 Å². The van der Waals surface area contributed by atoms with E-state index in [-0.39, 0.29) is 0 Å². The predicted molar refractivity (Wildman–Crippen MR) is 47.8 cm³/mol. The number of fused-ring (bicyclic) bond motifs is 1. The Labute approximate surface area is 89.8 Å². The third-order valence-electron chi connectivity index (χ3n) is 3.34. The van der Waals surface area contributed by atoms with Gasteiger partial charge >= 0.3 is 90.0 Å². The molecule has 0 amide bonds. The molecule has 1 saturated carbocycles. The summed E-state index contributed by atoms with van der Waals surface area (Å²) in [6, 6.07) is 1.09. The summed E-state index contributed by atoms with van der Waals surface area (Å²) in [6.45, 7) is 0. The molecule has 1 aliphatic heterocycles. The van der Waals surface area contributed by atoms with Crippen molar-refractivity contribution in [2.75, 3.05) is 0 Å². The van der Waals surface area contributed by atoms with Crippen LogP contribution in [0.4, 0.5) is 0 Å². The molecule has 1 aliphatic carbocycles. The van der Waals surface area contributed by atoms with E-state index in [0.29, 0.717) is 6.04 Å². The van der Waals surface area contributed by atoms with Gasteiger partial charge in [0.05, 0.1) is 0 Å². The van der Waals surface area contributed by atoms with E-state index in [9.17, 15) is 4.79 Å². The summed E-state index contributed by atoms with van der Waals surface area (Å²) in [4.78, 5) is 10.7. The van der Waals surface area contributed by atoms with E-state index in [1.807, 2.05) is 0 Å². The topological polar surface area (TPSA) is 20.3 Å². The van der Waals surface area contributed by atoms with Gasteiger partial charge in [0.2, 0.25) is 0 Å². The number of nitrogens with zero attached hydrogens (tertiary/aromatic N) is 1. The molecule has 0 spiro atoms. The summed E-state index contributed by atoms with van der Waals surface area (Å²) >= 11 is 0.860. The maximum absolute atomic E-state index is 10.7. The van der Waals surface area contributed by atoms with Gasteiger partial charge in [-0.25, -0.2) is 0 Å². The van der Waals surface area contributed by atoms with Crippen molar-refractivity contribution in [3.05, 3.63) is 0 Å². The molecule has 0 N–H and O–H groups in total. The Kier molecular flexibility index (Phi) is 2.84. The number of hydrogen-bond donors (Lipinski definition) is 0. The molecular formula is C9H14NOTl. The van der Waals surface area contributed by atoms with Crippen molar-refractivity contribution in [2.24, 2.45) is 5.92 Å². The van der Waals surface area contributed by atoms with Crippen LogP contribution in [0.5, 0.6) is 0 Å². The van der Waals surface area contributed by atoms with Crippen molar-refractivity contribution >= 4 is 32.4 Å².